The van der Waals surface area contributed by atoms with Crippen molar-refractivity contribution in [2.75, 3.05) is 13.2 Å². The maximum Gasteiger partial charge on any atom is 0.146 e. The Morgan fingerprint density at radius 3 is 2.67 bits per heavy atom. The molecule has 2 heterocycles. The Hall–Kier alpha value is -0.410. The molecule has 0 aromatic carbocycles. The number of carbonyl (C=O) groups excluding carboxylic acids is 1. The molecule has 3 heteroatoms. The molecule has 2 aliphatic rings. The molecule has 0 N–H and O–H groups in total. The molecular formula is C12H20O3. The van der Waals surface area contributed by atoms with Crippen LogP contribution >= 0.6 is 0 Å². The van der Waals surface area contributed by atoms with Crippen LogP contribution in [0.5, 0.6) is 0 Å². The SMILES string of the molecule is CC(C)(C)C(=O)[C@@H]1CO[C@H]2CCCO[C@H]21. The predicted molar refractivity (Wildman–Crippen MR) is 56.7 cm³/mol. The summed E-state index contributed by atoms with van der Waals surface area (Å²) in [4.78, 5) is 12.2. The van der Waals surface area contributed by atoms with Gasteiger partial charge in [0.15, 0.2) is 0 Å². The van der Waals surface area contributed by atoms with E-state index < -0.39 is 0 Å². The second kappa shape index (κ2) is 3.87. The molecule has 0 aromatic rings. The van der Waals surface area contributed by atoms with Crippen LogP contribution < -0.4 is 0 Å². The zero-order valence-electron chi connectivity index (χ0n) is 9.79. The van der Waals surface area contributed by atoms with Crippen LogP contribution in [0.2, 0.25) is 0 Å². The van der Waals surface area contributed by atoms with E-state index >= 15 is 0 Å². The summed E-state index contributed by atoms with van der Waals surface area (Å²) in [6.07, 6.45) is 2.27. The molecule has 3 nitrogen and oxygen atoms in total. The van der Waals surface area contributed by atoms with E-state index in [2.05, 4.69) is 0 Å². The Morgan fingerprint density at radius 1 is 1.27 bits per heavy atom. The zero-order valence-corrected chi connectivity index (χ0v) is 9.79. The zero-order chi connectivity index (χ0) is 11.1. The normalized spacial score (nSPS) is 36.3. The van der Waals surface area contributed by atoms with Crippen LogP contribution in [0.25, 0.3) is 0 Å². The molecule has 0 aliphatic carbocycles. The monoisotopic (exact) mass is 212 g/mol. The van der Waals surface area contributed by atoms with E-state index in [0.717, 1.165) is 19.4 Å². The van der Waals surface area contributed by atoms with Crippen molar-refractivity contribution >= 4 is 5.78 Å². The molecular weight excluding hydrogens is 192 g/mol. The van der Waals surface area contributed by atoms with E-state index in [4.69, 9.17) is 9.47 Å². The van der Waals surface area contributed by atoms with Crippen LogP contribution in [-0.2, 0) is 14.3 Å². The van der Waals surface area contributed by atoms with Gasteiger partial charge in [0, 0.05) is 12.0 Å². The first-order valence-electron chi connectivity index (χ1n) is 5.77. The van der Waals surface area contributed by atoms with Gasteiger partial charge in [-0.1, -0.05) is 20.8 Å². The molecule has 0 radical (unpaired) electrons. The van der Waals surface area contributed by atoms with E-state index in [1.54, 1.807) is 0 Å². The summed E-state index contributed by atoms with van der Waals surface area (Å²) in [7, 11) is 0. The van der Waals surface area contributed by atoms with E-state index in [1.165, 1.54) is 0 Å². The van der Waals surface area contributed by atoms with Crippen LogP contribution in [0.4, 0.5) is 0 Å². The molecule has 0 saturated carbocycles. The summed E-state index contributed by atoms with van der Waals surface area (Å²) in [5, 5.41) is 0. The number of Topliss-reactive ketones (excluding diaryl/α,β-unsaturated/α-hetero) is 1. The number of fused-ring (bicyclic) bond motifs is 1. The van der Waals surface area contributed by atoms with Gasteiger partial charge in [-0.15, -0.1) is 0 Å². The lowest BCUT2D eigenvalue weighted by Crippen LogP contribution is -2.41. The lowest BCUT2D eigenvalue weighted by Gasteiger charge is -2.29. The highest BCUT2D eigenvalue weighted by molar-refractivity contribution is 5.87. The number of hydrogen-bond donors (Lipinski definition) is 0. The molecule has 86 valence electrons. The molecule has 0 aromatic heterocycles. The van der Waals surface area contributed by atoms with Crippen LogP contribution in [0, 0.1) is 11.3 Å². The Kier molecular flexibility index (Phi) is 2.86. The number of ether oxygens (including phenoxy) is 2. The quantitative estimate of drug-likeness (QED) is 0.665. The van der Waals surface area contributed by atoms with Crippen molar-refractivity contribution in [1.29, 1.82) is 0 Å². The Labute approximate surface area is 91.1 Å². The number of rotatable bonds is 1. The third kappa shape index (κ3) is 2.08. The maximum absolute atomic E-state index is 12.2. The van der Waals surface area contributed by atoms with Crippen molar-refractivity contribution in [2.45, 2.75) is 45.8 Å². The molecule has 0 unspecified atom stereocenters. The molecule has 2 saturated heterocycles. The number of hydrogen-bond acceptors (Lipinski definition) is 3. The lowest BCUT2D eigenvalue weighted by molar-refractivity contribution is -0.135. The highest BCUT2D eigenvalue weighted by Gasteiger charge is 2.46. The van der Waals surface area contributed by atoms with Gasteiger partial charge in [-0.25, -0.2) is 0 Å². The summed E-state index contributed by atoms with van der Waals surface area (Å²) in [6.45, 7) is 7.21. The minimum atomic E-state index is -0.288. The van der Waals surface area contributed by atoms with Crippen molar-refractivity contribution in [1.82, 2.24) is 0 Å². The highest BCUT2D eigenvalue weighted by Crippen LogP contribution is 2.34. The number of ketones is 1. The molecule has 0 bridgehead atoms. The summed E-state index contributed by atoms with van der Waals surface area (Å²) < 4.78 is 11.3. The molecule has 2 fully saturated rings. The summed E-state index contributed by atoms with van der Waals surface area (Å²) in [5.41, 5.74) is -0.288. The van der Waals surface area contributed by atoms with Crippen molar-refractivity contribution in [2.24, 2.45) is 11.3 Å². The van der Waals surface area contributed by atoms with E-state index in [0.29, 0.717) is 6.61 Å². The minimum absolute atomic E-state index is 0.0190. The third-order valence-corrected chi connectivity index (χ3v) is 3.27. The van der Waals surface area contributed by atoms with Gasteiger partial charge in [0.1, 0.15) is 5.78 Å². The van der Waals surface area contributed by atoms with Gasteiger partial charge in [0.2, 0.25) is 0 Å². The summed E-state index contributed by atoms with van der Waals surface area (Å²) in [6, 6.07) is 0. The first-order valence-corrected chi connectivity index (χ1v) is 5.77. The Bertz CT molecular complexity index is 254. The molecule has 2 rings (SSSR count). The smallest absolute Gasteiger partial charge is 0.146 e. The van der Waals surface area contributed by atoms with Gasteiger partial charge in [-0.3, -0.25) is 4.79 Å². The fraction of sp³-hybridized carbons (Fsp3) is 0.917. The van der Waals surface area contributed by atoms with Crippen molar-refractivity contribution < 1.29 is 14.3 Å². The van der Waals surface area contributed by atoms with Crippen molar-refractivity contribution in [3.05, 3.63) is 0 Å². The van der Waals surface area contributed by atoms with Gasteiger partial charge in [0.05, 0.1) is 24.7 Å². The molecule has 3 atom stereocenters. The Morgan fingerprint density at radius 2 is 2.00 bits per heavy atom. The second-order valence-corrected chi connectivity index (χ2v) is 5.57. The van der Waals surface area contributed by atoms with Gasteiger partial charge < -0.3 is 9.47 Å². The second-order valence-electron chi connectivity index (χ2n) is 5.57. The van der Waals surface area contributed by atoms with Crippen molar-refractivity contribution in [3.8, 4) is 0 Å². The molecule has 0 spiro atoms. The van der Waals surface area contributed by atoms with Gasteiger partial charge in [-0.2, -0.15) is 0 Å². The molecule has 0 amide bonds. The lowest BCUT2D eigenvalue weighted by atomic mass is 9.80. The first kappa shape index (κ1) is 11.1. The molecule has 15 heavy (non-hydrogen) atoms. The molecule has 2 aliphatic heterocycles. The topological polar surface area (TPSA) is 35.5 Å². The fourth-order valence-corrected chi connectivity index (χ4v) is 2.43. The summed E-state index contributed by atoms with van der Waals surface area (Å²) in [5.74, 6) is 0.229. The fourth-order valence-electron chi connectivity index (χ4n) is 2.43. The van der Waals surface area contributed by atoms with E-state index in [9.17, 15) is 4.79 Å². The minimum Gasteiger partial charge on any atom is -0.375 e. The van der Waals surface area contributed by atoms with Gasteiger partial charge in [0.25, 0.3) is 0 Å². The maximum atomic E-state index is 12.2. The largest absolute Gasteiger partial charge is 0.375 e. The van der Waals surface area contributed by atoms with E-state index in [-0.39, 0.29) is 29.3 Å². The Balaban J connectivity index is 2.08. The first-order chi connectivity index (χ1) is 7.00. The predicted octanol–water partition coefficient (Wildman–Crippen LogP) is 1.80. The van der Waals surface area contributed by atoms with Crippen LogP contribution in [-0.4, -0.2) is 31.2 Å². The van der Waals surface area contributed by atoms with Gasteiger partial charge in [-0.05, 0) is 12.8 Å². The van der Waals surface area contributed by atoms with Gasteiger partial charge >= 0.3 is 0 Å². The average molecular weight is 212 g/mol. The highest BCUT2D eigenvalue weighted by atomic mass is 16.6. The third-order valence-electron chi connectivity index (χ3n) is 3.27. The average Bonchev–Trinajstić information content (AvgIpc) is 2.58. The standard InChI is InChI=1S/C12H20O3/c1-12(2,3)11(13)8-7-15-9-5-4-6-14-10(8)9/h8-10H,4-7H2,1-3H3/t8-,9+,10+/m1/s1. The van der Waals surface area contributed by atoms with Crippen LogP contribution in [0.15, 0.2) is 0 Å². The summed E-state index contributed by atoms with van der Waals surface area (Å²) >= 11 is 0. The van der Waals surface area contributed by atoms with E-state index in [1.807, 2.05) is 20.8 Å². The van der Waals surface area contributed by atoms with Crippen LogP contribution in [0.1, 0.15) is 33.6 Å². The number of carbonyl (C=O) groups is 1. The van der Waals surface area contributed by atoms with Crippen molar-refractivity contribution in [3.63, 3.8) is 0 Å². The van der Waals surface area contributed by atoms with Crippen LogP contribution in [0.3, 0.4) is 0 Å².